The van der Waals surface area contributed by atoms with E-state index in [0.717, 1.165) is 0 Å². The zero-order valence-corrected chi connectivity index (χ0v) is 10.4. The monoisotopic (exact) mass is 123 g/mol. The Morgan fingerprint density at radius 2 is 1.60 bits per heavy atom. The number of hydrogen-bond donors (Lipinski definition) is 0. The van der Waals surface area contributed by atoms with E-state index in [2.05, 4.69) is 0 Å². The van der Waals surface area contributed by atoms with E-state index in [-0.39, 0.29) is 109 Å². The van der Waals surface area contributed by atoms with Gasteiger partial charge in [0.15, 0.2) is 0 Å². The molecule has 0 saturated carbocycles. The molecule has 0 aliphatic carbocycles. The van der Waals surface area contributed by atoms with E-state index in [0.29, 0.717) is 0 Å². The summed E-state index contributed by atoms with van der Waals surface area (Å²) in [6, 6.07) is 0. The standard InChI is InChI=1S/C2H5O.2K/c1-2-3;;/h2H2,1H3;;/q-1;;+1. The Hall–Kier alpha value is 3.23. The molecule has 0 unspecified atom stereocenters. The molecule has 3 heteroatoms. The molecule has 0 spiro atoms. The van der Waals surface area contributed by atoms with Gasteiger partial charge in [-0.15, -0.1) is 6.61 Å². The first-order valence-corrected chi connectivity index (χ1v) is 0.996. The molecule has 5 heavy (non-hydrogen) atoms. The van der Waals surface area contributed by atoms with Crippen molar-refractivity contribution in [2.45, 2.75) is 6.92 Å². The van der Waals surface area contributed by atoms with Crippen LogP contribution < -0.4 is 56.5 Å². The summed E-state index contributed by atoms with van der Waals surface area (Å²) in [5, 5.41) is 8.93. The molecule has 0 heterocycles. The van der Waals surface area contributed by atoms with E-state index in [4.69, 9.17) is 5.11 Å². The van der Waals surface area contributed by atoms with Gasteiger partial charge in [0, 0.05) is 51.4 Å². The van der Waals surface area contributed by atoms with E-state index >= 15 is 0 Å². The molecule has 0 rings (SSSR count). The average molecular weight is 123 g/mol. The van der Waals surface area contributed by atoms with Crippen molar-refractivity contribution in [3.05, 3.63) is 0 Å². The van der Waals surface area contributed by atoms with Crippen LogP contribution in [0.4, 0.5) is 0 Å². The summed E-state index contributed by atoms with van der Waals surface area (Å²) < 4.78 is 0. The molecule has 0 fully saturated rings. The van der Waals surface area contributed by atoms with Crippen LogP contribution in [-0.2, 0) is 0 Å². The Labute approximate surface area is 118 Å². The zero-order valence-electron chi connectivity index (χ0n) is 4.12. The maximum Gasteiger partial charge on any atom is 1.00 e. The van der Waals surface area contributed by atoms with Gasteiger partial charge in [0.05, 0.1) is 0 Å². The fraction of sp³-hybridized carbons (Fsp3) is 1.00. The minimum Gasteiger partial charge on any atom is -0.855 e. The first-order valence-electron chi connectivity index (χ1n) is 0.996. The maximum atomic E-state index is 8.93. The van der Waals surface area contributed by atoms with Crippen LogP contribution in [0.25, 0.3) is 0 Å². The van der Waals surface area contributed by atoms with Gasteiger partial charge in [-0.2, -0.15) is 0 Å². The summed E-state index contributed by atoms with van der Waals surface area (Å²) in [5.74, 6) is 0. The second kappa shape index (κ2) is 15.7. The average Bonchev–Trinajstić information content (AvgIpc) is 0.918. The molecular weight excluding hydrogens is 118 g/mol. The fourth-order valence-electron chi connectivity index (χ4n) is 0. The molecule has 0 aliphatic heterocycles. The Bertz CT molecular complexity index is 7.61. The van der Waals surface area contributed by atoms with Crippen LogP contribution in [0.3, 0.4) is 0 Å². The molecule has 0 aromatic rings. The molecule has 21 valence electrons. The molecule has 0 N–H and O–H groups in total. The molecule has 0 aliphatic rings. The largest absolute Gasteiger partial charge is 1.00 e. The van der Waals surface area contributed by atoms with Crippen LogP contribution in [0.5, 0.6) is 0 Å². The van der Waals surface area contributed by atoms with Crippen LogP contribution in [-0.4, -0.2) is 58.0 Å². The molecule has 0 aromatic carbocycles. The van der Waals surface area contributed by atoms with Gasteiger partial charge in [-0.25, -0.2) is 0 Å². The first-order chi connectivity index (χ1) is 1.41. The SMILES string of the molecule is CC[O-].[K+].[K]. The van der Waals surface area contributed by atoms with Crippen molar-refractivity contribution in [1.82, 2.24) is 0 Å². The predicted molar refractivity (Wildman–Crippen MR) is 16.3 cm³/mol. The molecule has 0 atom stereocenters. The normalized spacial score (nSPS) is 3.60. The fourth-order valence-corrected chi connectivity index (χ4v) is 0. The summed E-state index contributed by atoms with van der Waals surface area (Å²) in [4.78, 5) is 0. The van der Waals surface area contributed by atoms with Gasteiger partial charge in [0.2, 0.25) is 0 Å². The van der Waals surface area contributed by atoms with Crippen LogP contribution >= 0.6 is 0 Å². The van der Waals surface area contributed by atoms with Gasteiger partial charge >= 0.3 is 51.4 Å². The molecule has 1 nitrogen and oxygen atoms in total. The van der Waals surface area contributed by atoms with Crippen LogP contribution in [0.1, 0.15) is 6.92 Å². The van der Waals surface area contributed by atoms with Crippen molar-refractivity contribution >= 4 is 51.4 Å². The number of hydrogen-bond acceptors (Lipinski definition) is 1. The second-order valence-electron chi connectivity index (χ2n) is 0.289. The van der Waals surface area contributed by atoms with Crippen molar-refractivity contribution in [3.8, 4) is 0 Å². The van der Waals surface area contributed by atoms with Crippen molar-refractivity contribution in [2.75, 3.05) is 6.61 Å². The van der Waals surface area contributed by atoms with Crippen molar-refractivity contribution < 1.29 is 56.5 Å². The van der Waals surface area contributed by atoms with Crippen molar-refractivity contribution in [2.24, 2.45) is 0 Å². The minimum atomic E-state index is 0. The number of rotatable bonds is 0. The Balaban J connectivity index is -0.0000000200. The van der Waals surface area contributed by atoms with Gasteiger partial charge in [-0.3, -0.25) is 0 Å². The Morgan fingerprint density at radius 1 is 1.60 bits per heavy atom. The Kier molecular flexibility index (Phi) is 49.3. The summed E-state index contributed by atoms with van der Waals surface area (Å²) in [7, 11) is 0. The van der Waals surface area contributed by atoms with E-state index in [1.165, 1.54) is 0 Å². The predicted octanol–water partition coefficient (Wildman–Crippen LogP) is -4.01. The second-order valence-corrected chi connectivity index (χ2v) is 0.289. The molecule has 0 bridgehead atoms. The van der Waals surface area contributed by atoms with Gasteiger partial charge in [0.1, 0.15) is 0 Å². The van der Waals surface area contributed by atoms with E-state index in [1.54, 1.807) is 6.92 Å². The summed E-state index contributed by atoms with van der Waals surface area (Å²) in [6.45, 7) is 1.57. The zero-order chi connectivity index (χ0) is 2.71. The Morgan fingerprint density at radius 3 is 1.60 bits per heavy atom. The third-order valence-corrected chi connectivity index (χ3v) is 0. The van der Waals surface area contributed by atoms with Crippen LogP contribution in [0, 0.1) is 0 Å². The smallest absolute Gasteiger partial charge is 0.855 e. The quantitative estimate of drug-likeness (QED) is 0.301. The summed E-state index contributed by atoms with van der Waals surface area (Å²) in [5.41, 5.74) is 0. The molecular formula is C2H5K2O. The van der Waals surface area contributed by atoms with Crippen molar-refractivity contribution in [3.63, 3.8) is 0 Å². The van der Waals surface area contributed by atoms with E-state index in [9.17, 15) is 0 Å². The van der Waals surface area contributed by atoms with Crippen LogP contribution in [0.15, 0.2) is 0 Å². The van der Waals surface area contributed by atoms with Gasteiger partial charge in [-0.05, 0) is 0 Å². The summed E-state index contributed by atoms with van der Waals surface area (Å²) in [6.07, 6.45) is 0. The summed E-state index contributed by atoms with van der Waals surface area (Å²) >= 11 is 0. The van der Waals surface area contributed by atoms with Crippen molar-refractivity contribution in [1.29, 1.82) is 0 Å². The first kappa shape index (κ1) is 15.7. The topological polar surface area (TPSA) is 23.1 Å². The van der Waals surface area contributed by atoms with Gasteiger partial charge in [-0.1, -0.05) is 6.92 Å². The molecule has 0 saturated heterocycles. The van der Waals surface area contributed by atoms with Gasteiger partial charge < -0.3 is 5.11 Å². The third-order valence-electron chi connectivity index (χ3n) is 0. The van der Waals surface area contributed by atoms with Gasteiger partial charge in [0.25, 0.3) is 0 Å². The van der Waals surface area contributed by atoms with E-state index in [1.807, 2.05) is 0 Å². The maximum absolute atomic E-state index is 8.93. The minimum absolute atomic E-state index is 0. The molecule has 0 amide bonds. The third kappa shape index (κ3) is 19.0. The molecule has 1 radical (unpaired) electrons. The van der Waals surface area contributed by atoms with E-state index < -0.39 is 0 Å². The molecule has 0 aromatic heterocycles. The van der Waals surface area contributed by atoms with Crippen LogP contribution in [0.2, 0.25) is 0 Å².